The lowest BCUT2D eigenvalue weighted by Gasteiger charge is -2.28. The van der Waals surface area contributed by atoms with Crippen molar-refractivity contribution in [2.24, 2.45) is 0 Å². The summed E-state index contributed by atoms with van der Waals surface area (Å²) in [6, 6.07) is 14.8. The van der Waals surface area contributed by atoms with Crippen LogP contribution in [-0.2, 0) is 22.6 Å². The van der Waals surface area contributed by atoms with Crippen molar-refractivity contribution in [3.8, 4) is 5.75 Å². The van der Waals surface area contributed by atoms with Crippen molar-refractivity contribution in [3.05, 3.63) is 59.7 Å². The van der Waals surface area contributed by atoms with E-state index in [0.29, 0.717) is 13.0 Å². The third kappa shape index (κ3) is 3.87. The van der Waals surface area contributed by atoms with Crippen LogP contribution in [0.5, 0.6) is 5.75 Å². The molecule has 0 radical (unpaired) electrons. The lowest BCUT2D eigenvalue weighted by Crippen LogP contribution is -2.48. The van der Waals surface area contributed by atoms with E-state index in [4.69, 9.17) is 4.74 Å². The van der Waals surface area contributed by atoms with Crippen molar-refractivity contribution < 1.29 is 14.3 Å². The molecule has 1 aliphatic heterocycles. The van der Waals surface area contributed by atoms with Crippen molar-refractivity contribution in [1.29, 1.82) is 0 Å². The monoisotopic (exact) mass is 352 g/mol. The van der Waals surface area contributed by atoms with Gasteiger partial charge in [-0.3, -0.25) is 14.5 Å². The molecule has 0 spiro atoms. The molecule has 2 amide bonds. The number of benzene rings is 2. The third-order valence-corrected chi connectivity index (χ3v) is 4.72. The molecule has 1 N–H and O–H groups in total. The van der Waals surface area contributed by atoms with Gasteiger partial charge in [-0.1, -0.05) is 30.3 Å². The molecule has 0 fully saturated rings. The van der Waals surface area contributed by atoms with Gasteiger partial charge in [-0.25, -0.2) is 0 Å². The fourth-order valence-electron chi connectivity index (χ4n) is 3.30. The Labute approximate surface area is 154 Å². The van der Waals surface area contributed by atoms with Gasteiger partial charge in [0.15, 0.2) is 0 Å². The van der Waals surface area contributed by atoms with Gasteiger partial charge in [0, 0.05) is 18.7 Å². The first-order chi connectivity index (χ1) is 12.6. The van der Waals surface area contributed by atoms with Crippen molar-refractivity contribution in [2.45, 2.75) is 38.8 Å². The van der Waals surface area contributed by atoms with Gasteiger partial charge in [-0.15, -0.1) is 0 Å². The molecule has 2 aromatic carbocycles. The Hall–Kier alpha value is -2.82. The second-order valence-corrected chi connectivity index (χ2v) is 6.49. The van der Waals surface area contributed by atoms with Crippen molar-refractivity contribution in [2.75, 3.05) is 12.0 Å². The molecule has 0 saturated heterocycles. The number of ether oxygens (including phenoxy) is 1. The van der Waals surface area contributed by atoms with Gasteiger partial charge in [-0.2, -0.15) is 0 Å². The number of anilines is 1. The van der Waals surface area contributed by atoms with E-state index in [1.54, 1.807) is 18.9 Å². The largest absolute Gasteiger partial charge is 0.497 e. The number of hydrogen-bond acceptors (Lipinski definition) is 3. The fraction of sp³-hybridized carbons (Fsp3) is 0.333. The predicted molar refractivity (Wildman–Crippen MR) is 101 cm³/mol. The molecule has 26 heavy (non-hydrogen) atoms. The van der Waals surface area contributed by atoms with Gasteiger partial charge >= 0.3 is 0 Å². The third-order valence-electron chi connectivity index (χ3n) is 4.72. The number of hydrogen-bond donors (Lipinski definition) is 1. The molecule has 1 heterocycles. The van der Waals surface area contributed by atoms with Crippen LogP contribution in [0.3, 0.4) is 0 Å². The van der Waals surface area contributed by atoms with Crippen molar-refractivity contribution in [1.82, 2.24) is 5.32 Å². The molecule has 1 atom stereocenters. The van der Waals surface area contributed by atoms with Crippen LogP contribution >= 0.6 is 0 Å². The Balaban J connectivity index is 1.74. The molecule has 0 aromatic heterocycles. The molecule has 5 nitrogen and oxygen atoms in total. The van der Waals surface area contributed by atoms with Gasteiger partial charge in [0.2, 0.25) is 11.8 Å². The maximum Gasteiger partial charge on any atom is 0.243 e. The van der Waals surface area contributed by atoms with Crippen molar-refractivity contribution >= 4 is 17.5 Å². The summed E-state index contributed by atoms with van der Waals surface area (Å²) in [6.07, 6.45) is 2.13. The predicted octanol–water partition coefficient (Wildman–Crippen LogP) is 3.07. The molecule has 5 heteroatoms. The van der Waals surface area contributed by atoms with E-state index in [9.17, 15) is 9.59 Å². The molecule has 0 aliphatic carbocycles. The summed E-state index contributed by atoms with van der Waals surface area (Å²) in [4.78, 5) is 27.0. The van der Waals surface area contributed by atoms with E-state index in [0.717, 1.165) is 35.4 Å². The number of fused-ring (bicyclic) bond motifs is 1. The summed E-state index contributed by atoms with van der Waals surface area (Å²) in [6.45, 7) is 2.17. The lowest BCUT2D eigenvalue weighted by molar-refractivity contribution is -0.126. The topological polar surface area (TPSA) is 58.6 Å². The highest BCUT2D eigenvalue weighted by Gasteiger charge is 2.30. The number of nitrogens with zero attached hydrogens (tertiary/aromatic N) is 1. The molecule has 0 bridgehead atoms. The summed E-state index contributed by atoms with van der Waals surface area (Å²) >= 11 is 0. The minimum atomic E-state index is -0.563. The van der Waals surface area contributed by atoms with E-state index >= 15 is 0 Å². The minimum Gasteiger partial charge on any atom is -0.497 e. The van der Waals surface area contributed by atoms with Gasteiger partial charge in [0.05, 0.1) is 7.11 Å². The first kappa shape index (κ1) is 18.0. The van der Waals surface area contributed by atoms with Crippen LogP contribution in [0, 0.1) is 0 Å². The smallest absolute Gasteiger partial charge is 0.243 e. The van der Waals surface area contributed by atoms with Crippen LogP contribution in [-0.4, -0.2) is 25.0 Å². The van der Waals surface area contributed by atoms with Crippen LogP contribution in [0.4, 0.5) is 5.69 Å². The number of carbonyl (C=O) groups is 2. The van der Waals surface area contributed by atoms with Gasteiger partial charge in [0.25, 0.3) is 0 Å². The fourth-order valence-corrected chi connectivity index (χ4v) is 3.30. The van der Waals surface area contributed by atoms with Gasteiger partial charge in [-0.05, 0) is 49.1 Å². The van der Waals surface area contributed by atoms with E-state index in [1.807, 2.05) is 48.5 Å². The maximum atomic E-state index is 12.7. The highest BCUT2D eigenvalue weighted by molar-refractivity contribution is 6.01. The molecular formula is C21H24N2O3. The van der Waals surface area contributed by atoms with Crippen LogP contribution < -0.4 is 15.0 Å². The molecule has 0 saturated carbocycles. The summed E-state index contributed by atoms with van der Waals surface area (Å²) < 4.78 is 5.21. The van der Waals surface area contributed by atoms with E-state index < -0.39 is 6.04 Å². The van der Waals surface area contributed by atoms with Crippen molar-refractivity contribution in [3.63, 3.8) is 0 Å². The average Bonchev–Trinajstić information content (AvgIpc) is 2.83. The van der Waals surface area contributed by atoms with E-state index in [1.165, 1.54) is 0 Å². The molecular weight excluding hydrogens is 328 g/mol. The van der Waals surface area contributed by atoms with Crippen LogP contribution in [0.25, 0.3) is 0 Å². The summed E-state index contributed by atoms with van der Waals surface area (Å²) in [5.41, 5.74) is 2.91. The zero-order valence-corrected chi connectivity index (χ0v) is 15.2. The minimum absolute atomic E-state index is 0.000944. The maximum absolute atomic E-state index is 12.7. The lowest BCUT2D eigenvalue weighted by atomic mass is 10.1. The Morgan fingerprint density at radius 1 is 1.19 bits per heavy atom. The number of carbonyl (C=O) groups excluding carboxylic acids is 2. The molecule has 1 unspecified atom stereocenters. The first-order valence-corrected chi connectivity index (χ1v) is 8.90. The number of aryl methyl sites for hydroxylation is 1. The Morgan fingerprint density at radius 3 is 2.81 bits per heavy atom. The van der Waals surface area contributed by atoms with Crippen LogP contribution in [0.15, 0.2) is 48.5 Å². The summed E-state index contributed by atoms with van der Waals surface area (Å²) in [5, 5.41) is 2.93. The first-order valence-electron chi connectivity index (χ1n) is 8.90. The molecule has 3 rings (SSSR count). The summed E-state index contributed by atoms with van der Waals surface area (Å²) in [5.74, 6) is 0.582. The Bertz CT molecular complexity index is 803. The van der Waals surface area contributed by atoms with E-state index in [-0.39, 0.29) is 11.8 Å². The van der Waals surface area contributed by atoms with Crippen LogP contribution in [0.2, 0.25) is 0 Å². The highest BCUT2D eigenvalue weighted by Crippen LogP contribution is 2.28. The van der Waals surface area contributed by atoms with E-state index in [2.05, 4.69) is 5.32 Å². The standard InChI is InChI=1S/C21H24N2O3/c1-15(21(25)22-14-16-7-5-10-18(13-16)26-2)23-19-11-4-3-8-17(19)9-6-12-20(23)24/h3-5,7-8,10-11,13,15H,6,9,12,14H2,1-2H3,(H,22,25). The second kappa shape index (κ2) is 8.04. The zero-order valence-electron chi connectivity index (χ0n) is 15.2. The van der Waals surface area contributed by atoms with Crippen LogP contribution in [0.1, 0.15) is 30.9 Å². The molecule has 1 aliphatic rings. The Kier molecular flexibility index (Phi) is 5.56. The summed E-state index contributed by atoms with van der Waals surface area (Å²) in [7, 11) is 1.61. The van der Waals surface area contributed by atoms with Gasteiger partial charge in [0.1, 0.15) is 11.8 Å². The normalized spacial score (nSPS) is 15.0. The number of rotatable bonds is 5. The quantitative estimate of drug-likeness (QED) is 0.900. The number of amides is 2. The number of nitrogens with one attached hydrogen (secondary N) is 1. The SMILES string of the molecule is COc1cccc(CNC(=O)C(C)N2C(=O)CCCc3ccccc32)c1. The number of para-hydroxylation sites is 1. The second-order valence-electron chi connectivity index (χ2n) is 6.49. The zero-order chi connectivity index (χ0) is 18.5. The highest BCUT2D eigenvalue weighted by atomic mass is 16.5. The number of methoxy groups -OCH3 is 1. The molecule has 136 valence electrons. The molecule has 2 aromatic rings. The van der Waals surface area contributed by atoms with Gasteiger partial charge < -0.3 is 10.1 Å². The average molecular weight is 352 g/mol. The Morgan fingerprint density at radius 2 is 2.00 bits per heavy atom.